The van der Waals surface area contributed by atoms with Gasteiger partial charge in [0.2, 0.25) is 18.3 Å². The van der Waals surface area contributed by atoms with E-state index >= 15 is 0 Å². The zero-order chi connectivity index (χ0) is 20.0. The smallest absolute Gasteiger partial charge is 0.231 e. The highest BCUT2D eigenvalue weighted by Gasteiger charge is 2.36. The first-order chi connectivity index (χ1) is 13.5. The van der Waals surface area contributed by atoms with E-state index in [4.69, 9.17) is 28.4 Å². The molecular formula is C22H26O6. The lowest BCUT2D eigenvalue weighted by atomic mass is 9.85. The maximum absolute atomic E-state index is 5.85. The summed E-state index contributed by atoms with van der Waals surface area (Å²) < 4.78 is 34.3. The van der Waals surface area contributed by atoms with Crippen molar-refractivity contribution in [3.05, 3.63) is 23.3 Å². The molecule has 0 amide bonds. The predicted molar refractivity (Wildman–Crippen MR) is 105 cm³/mol. The molecule has 0 saturated carbocycles. The lowest BCUT2D eigenvalue weighted by Crippen LogP contribution is -2.08. The van der Waals surface area contributed by atoms with Crippen LogP contribution in [-0.2, 0) is 6.42 Å². The summed E-state index contributed by atoms with van der Waals surface area (Å²) >= 11 is 0. The maximum atomic E-state index is 5.85. The topological polar surface area (TPSA) is 55.4 Å². The average molecular weight is 386 g/mol. The van der Waals surface area contributed by atoms with Crippen molar-refractivity contribution in [2.45, 2.75) is 26.2 Å². The van der Waals surface area contributed by atoms with E-state index in [1.165, 1.54) is 0 Å². The Balaban J connectivity index is 2.15. The van der Waals surface area contributed by atoms with Crippen LogP contribution in [0.15, 0.2) is 12.1 Å². The zero-order valence-corrected chi connectivity index (χ0v) is 17.2. The predicted octanol–water partition coefficient (Wildman–Crippen LogP) is 4.41. The van der Waals surface area contributed by atoms with Crippen molar-refractivity contribution >= 4 is 0 Å². The molecule has 0 spiro atoms. The molecule has 1 aliphatic heterocycles. The van der Waals surface area contributed by atoms with Crippen molar-refractivity contribution in [2.75, 3.05) is 35.2 Å². The molecule has 1 heterocycles. The molecule has 0 aromatic heterocycles. The molecule has 6 heteroatoms. The highest BCUT2D eigenvalue weighted by atomic mass is 16.7. The van der Waals surface area contributed by atoms with Crippen molar-refractivity contribution in [3.63, 3.8) is 0 Å². The summed E-state index contributed by atoms with van der Waals surface area (Å²) in [6.45, 7) is 4.68. The summed E-state index contributed by atoms with van der Waals surface area (Å²) in [4.78, 5) is 0. The molecule has 6 nitrogen and oxygen atoms in total. The van der Waals surface area contributed by atoms with Crippen LogP contribution in [0.5, 0.6) is 34.5 Å². The molecule has 0 N–H and O–H groups in total. The van der Waals surface area contributed by atoms with E-state index in [0.717, 1.165) is 34.4 Å². The van der Waals surface area contributed by atoms with Gasteiger partial charge in [-0.2, -0.15) is 0 Å². The molecule has 0 radical (unpaired) electrons. The van der Waals surface area contributed by atoms with E-state index in [2.05, 4.69) is 19.9 Å². The van der Waals surface area contributed by atoms with Crippen LogP contribution >= 0.6 is 0 Å². The monoisotopic (exact) mass is 386 g/mol. The van der Waals surface area contributed by atoms with Crippen molar-refractivity contribution < 1.29 is 28.4 Å². The van der Waals surface area contributed by atoms with Gasteiger partial charge in [-0.15, -0.1) is 0 Å². The Morgan fingerprint density at radius 3 is 2.18 bits per heavy atom. The number of rotatable bonds is 4. The molecule has 4 rings (SSSR count). The van der Waals surface area contributed by atoms with Gasteiger partial charge in [0.05, 0.1) is 28.4 Å². The Morgan fingerprint density at radius 2 is 1.54 bits per heavy atom. The van der Waals surface area contributed by atoms with E-state index in [0.29, 0.717) is 34.7 Å². The Labute approximate surface area is 165 Å². The van der Waals surface area contributed by atoms with Crippen LogP contribution in [0.4, 0.5) is 0 Å². The fraction of sp³-hybridized carbons (Fsp3) is 0.455. The van der Waals surface area contributed by atoms with Crippen LogP contribution in [0.2, 0.25) is 0 Å². The van der Waals surface area contributed by atoms with Crippen LogP contribution in [0, 0.1) is 5.92 Å². The van der Waals surface area contributed by atoms with Crippen LogP contribution in [0.25, 0.3) is 11.1 Å². The first-order valence-corrected chi connectivity index (χ1v) is 9.38. The lowest BCUT2D eigenvalue weighted by molar-refractivity contribution is 0.171. The third-order valence-corrected chi connectivity index (χ3v) is 5.90. The number of benzene rings is 2. The van der Waals surface area contributed by atoms with E-state index < -0.39 is 0 Å². The number of hydrogen-bond donors (Lipinski definition) is 0. The van der Waals surface area contributed by atoms with Crippen LogP contribution in [0.1, 0.15) is 30.9 Å². The quantitative estimate of drug-likeness (QED) is 0.776. The lowest BCUT2D eigenvalue weighted by Gasteiger charge is -2.22. The minimum absolute atomic E-state index is 0.189. The average Bonchev–Trinajstić information content (AvgIpc) is 3.15. The molecule has 2 atom stereocenters. The summed E-state index contributed by atoms with van der Waals surface area (Å²) in [5.74, 6) is 4.55. The summed E-state index contributed by atoms with van der Waals surface area (Å²) in [7, 11) is 6.56. The van der Waals surface area contributed by atoms with Gasteiger partial charge in [-0.3, -0.25) is 0 Å². The van der Waals surface area contributed by atoms with Crippen molar-refractivity contribution in [2.24, 2.45) is 5.92 Å². The summed E-state index contributed by atoms with van der Waals surface area (Å²) in [6.07, 6.45) is 0.872. The van der Waals surface area contributed by atoms with Crippen LogP contribution in [-0.4, -0.2) is 35.2 Å². The summed E-state index contributed by atoms with van der Waals surface area (Å²) in [5.41, 5.74) is 4.21. The van der Waals surface area contributed by atoms with Gasteiger partial charge in [0, 0.05) is 11.1 Å². The Bertz CT molecular complexity index is 920. The second kappa shape index (κ2) is 7.00. The van der Waals surface area contributed by atoms with Gasteiger partial charge in [-0.25, -0.2) is 0 Å². The van der Waals surface area contributed by atoms with E-state index in [9.17, 15) is 0 Å². The second-order valence-corrected chi connectivity index (χ2v) is 7.26. The minimum atomic E-state index is 0.189. The zero-order valence-electron chi connectivity index (χ0n) is 17.2. The van der Waals surface area contributed by atoms with Gasteiger partial charge in [0.15, 0.2) is 23.0 Å². The highest BCUT2D eigenvalue weighted by molar-refractivity contribution is 5.89. The molecular weight excluding hydrogens is 360 g/mol. The molecule has 0 bridgehead atoms. The van der Waals surface area contributed by atoms with E-state index in [1.54, 1.807) is 28.4 Å². The molecule has 0 fully saturated rings. The normalized spacial score (nSPS) is 19.4. The minimum Gasteiger partial charge on any atom is -0.493 e. The van der Waals surface area contributed by atoms with Gasteiger partial charge in [0.25, 0.3) is 0 Å². The summed E-state index contributed by atoms with van der Waals surface area (Å²) in [6, 6.07) is 4.12. The number of hydrogen-bond acceptors (Lipinski definition) is 6. The molecule has 2 aromatic carbocycles. The van der Waals surface area contributed by atoms with E-state index in [-0.39, 0.29) is 12.7 Å². The van der Waals surface area contributed by atoms with Crippen LogP contribution in [0.3, 0.4) is 0 Å². The van der Waals surface area contributed by atoms with Gasteiger partial charge in [-0.1, -0.05) is 13.8 Å². The SMILES string of the molecule is COc1cc2c(c(OC)c1OC)-c1c(cc3c(c1OC)OCO3)C(C)C(C)C2. The molecule has 2 aliphatic rings. The fourth-order valence-electron chi connectivity index (χ4n) is 4.32. The summed E-state index contributed by atoms with van der Waals surface area (Å²) in [5, 5.41) is 0. The van der Waals surface area contributed by atoms with Crippen molar-refractivity contribution in [1.82, 2.24) is 0 Å². The Kier molecular flexibility index (Phi) is 4.65. The molecule has 1 aliphatic carbocycles. The van der Waals surface area contributed by atoms with Gasteiger partial charge < -0.3 is 28.4 Å². The number of methoxy groups -OCH3 is 4. The molecule has 150 valence electrons. The number of ether oxygens (including phenoxy) is 6. The molecule has 2 unspecified atom stereocenters. The third kappa shape index (κ3) is 2.54. The largest absolute Gasteiger partial charge is 0.493 e. The van der Waals surface area contributed by atoms with Crippen molar-refractivity contribution in [3.8, 4) is 45.6 Å². The first-order valence-electron chi connectivity index (χ1n) is 9.38. The molecule has 0 saturated heterocycles. The van der Waals surface area contributed by atoms with Gasteiger partial charge in [-0.05, 0) is 41.5 Å². The number of fused-ring (bicyclic) bond motifs is 4. The Hall–Kier alpha value is -2.76. The maximum Gasteiger partial charge on any atom is 0.231 e. The van der Waals surface area contributed by atoms with Gasteiger partial charge >= 0.3 is 0 Å². The van der Waals surface area contributed by atoms with Crippen molar-refractivity contribution in [1.29, 1.82) is 0 Å². The third-order valence-electron chi connectivity index (χ3n) is 5.90. The van der Waals surface area contributed by atoms with Gasteiger partial charge in [0.1, 0.15) is 0 Å². The standard InChI is InChI=1S/C22H26O6/c1-11-7-13-8-15(23-3)19(24-4)21(25-5)17(13)18-14(12(11)2)9-16-20(22(18)26-6)28-10-27-16/h8-9,11-12H,7,10H2,1-6H3. The molecule has 2 aromatic rings. The second-order valence-electron chi connectivity index (χ2n) is 7.26. The fourth-order valence-corrected chi connectivity index (χ4v) is 4.32. The first kappa shape index (κ1) is 18.6. The molecule has 28 heavy (non-hydrogen) atoms. The van der Waals surface area contributed by atoms with E-state index in [1.807, 2.05) is 6.07 Å². The Morgan fingerprint density at radius 1 is 0.821 bits per heavy atom. The van der Waals surface area contributed by atoms with Crippen LogP contribution < -0.4 is 28.4 Å². The highest BCUT2D eigenvalue weighted by Crippen LogP contribution is 2.58.